The van der Waals surface area contributed by atoms with E-state index in [-0.39, 0.29) is 5.82 Å². The number of nitrogen functional groups attached to an aromatic ring is 1. The number of ether oxygens (including phenoxy) is 1. The number of pyridine rings is 1. The number of unbranched alkanes of at least 4 members (excludes halogenated alkanes) is 2. The normalized spacial score (nSPS) is 11.3. The molecule has 0 aliphatic rings. The Kier molecular flexibility index (Phi) is 9.00. The molecule has 3 heterocycles. The SMILES string of the molecule is CCn1c(-c2nonc2N)nc2c(-c3ccccc3)ncc(OCCCCCN)c21.O=C(O)C(F)(F)F. The van der Waals surface area contributed by atoms with Gasteiger partial charge in [-0.3, -0.25) is 0 Å². The Labute approximate surface area is 209 Å². The van der Waals surface area contributed by atoms with Crippen molar-refractivity contribution in [3.63, 3.8) is 0 Å². The van der Waals surface area contributed by atoms with Crippen LogP contribution in [0, 0.1) is 0 Å². The predicted molar refractivity (Wildman–Crippen MR) is 128 cm³/mol. The number of carbonyl (C=O) groups is 1. The van der Waals surface area contributed by atoms with E-state index in [1.54, 1.807) is 6.20 Å². The number of benzene rings is 1. The molecule has 0 saturated heterocycles. The van der Waals surface area contributed by atoms with Gasteiger partial charge in [-0.15, -0.1) is 0 Å². The molecular formula is C23H26F3N7O4. The molecule has 0 atom stereocenters. The van der Waals surface area contributed by atoms with Crippen LogP contribution < -0.4 is 16.2 Å². The lowest BCUT2D eigenvalue weighted by molar-refractivity contribution is -0.192. The van der Waals surface area contributed by atoms with E-state index in [1.165, 1.54) is 0 Å². The number of imidazole rings is 1. The maximum absolute atomic E-state index is 10.6. The van der Waals surface area contributed by atoms with Crippen LogP contribution in [0.25, 0.3) is 33.8 Å². The van der Waals surface area contributed by atoms with Gasteiger partial charge >= 0.3 is 12.1 Å². The van der Waals surface area contributed by atoms with Crippen LogP contribution in [0.5, 0.6) is 5.75 Å². The van der Waals surface area contributed by atoms with Gasteiger partial charge in [-0.05, 0) is 43.0 Å². The van der Waals surface area contributed by atoms with Crippen molar-refractivity contribution in [2.24, 2.45) is 5.73 Å². The van der Waals surface area contributed by atoms with Crippen LogP contribution in [0.3, 0.4) is 0 Å². The van der Waals surface area contributed by atoms with E-state index >= 15 is 0 Å². The summed E-state index contributed by atoms with van der Waals surface area (Å²) >= 11 is 0. The molecule has 11 nitrogen and oxygen atoms in total. The lowest BCUT2D eigenvalue weighted by Crippen LogP contribution is -2.21. The third-order valence-corrected chi connectivity index (χ3v) is 5.17. The van der Waals surface area contributed by atoms with Gasteiger partial charge in [-0.25, -0.2) is 19.4 Å². The molecule has 14 heteroatoms. The summed E-state index contributed by atoms with van der Waals surface area (Å²) in [5.74, 6) is -1.32. The number of aromatic nitrogens is 5. The number of aliphatic carboxylic acids is 1. The first kappa shape index (κ1) is 27.4. The Morgan fingerprint density at radius 1 is 1.14 bits per heavy atom. The van der Waals surface area contributed by atoms with E-state index in [2.05, 4.69) is 15.3 Å². The highest BCUT2D eigenvalue weighted by Crippen LogP contribution is 2.36. The summed E-state index contributed by atoms with van der Waals surface area (Å²) in [7, 11) is 0. The van der Waals surface area contributed by atoms with Crippen LogP contribution in [-0.4, -0.2) is 55.3 Å². The van der Waals surface area contributed by atoms with Crippen LogP contribution in [0.15, 0.2) is 41.2 Å². The Morgan fingerprint density at radius 3 is 2.41 bits per heavy atom. The summed E-state index contributed by atoms with van der Waals surface area (Å²) in [4.78, 5) is 18.4. The molecule has 1 aromatic carbocycles. The molecule has 0 saturated carbocycles. The molecule has 37 heavy (non-hydrogen) atoms. The van der Waals surface area contributed by atoms with E-state index < -0.39 is 12.1 Å². The number of aryl methyl sites for hydroxylation is 1. The molecule has 3 aromatic heterocycles. The molecule has 0 aliphatic carbocycles. The Morgan fingerprint density at radius 2 is 1.84 bits per heavy atom. The summed E-state index contributed by atoms with van der Waals surface area (Å²) in [6, 6.07) is 9.93. The van der Waals surface area contributed by atoms with Crippen molar-refractivity contribution in [3.05, 3.63) is 36.5 Å². The molecule has 5 N–H and O–H groups in total. The number of alkyl halides is 3. The highest BCUT2D eigenvalue weighted by molar-refractivity contribution is 5.95. The second-order valence-corrected chi connectivity index (χ2v) is 7.71. The number of halogens is 3. The van der Waals surface area contributed by atoms with Crippen molar-refractivity contribution in [2.75, 3.05) is 18.9 Å². The van der Waals surface area contributed by atoms with Crippen molar-refractivity contribution < 1.29 is 32.4 Å². The van der Waals surface area contributed by atoms with Gasteiger partial charge in [0, 0.05) is 12.1 Å². The average molecular weight is 522 g/mol. The summed E-state index contributed by atoms with van der Waals surface area (Å²) < 4.78 is 44.7. The van der Waals surface area contributed by atoms with Gasteiger partial charge < -0.3 is 25.9 Å². The highest BCUT2D eigenvalue weighted by atomic mass is 19.4. The van der Waals surface area contributed by atoms with Crippen molar-refractivity contribution in [1.82, 2.24) is 24.8 Å². The molecule has 0 bridgehead atoms. The number of hydrogen-bond donors (Lipinski definition) is 3. The van der Waals surface area contributed by atoms with Crippen LogP contribution in [0.4, 0.5) is 19.0 Å². The number of hydrogen-bond acceptors (Lipinski definition) is 9. The largest absolute Gasteiger partial charge is 0.490 e. The second kappa shape index (κ2) is 12.2. The smallest absolute Gasteiger partial charge is 0.490 e. The highest BCUT2D eigenvalue weighted by Gasteiger charge is 2.38. The van der Waals surface area contributed by atoms with E-state index in [0.717, 1.165) is 41.6 Å². The Bertz CT molecular complexity index is 1320. The lowest BCUT2D eigenvalue weighted by Gasteiger charge is -2.11. The summed E-state index contributed by atoms with van der Waals surface area (Å²) in [5.41, 5.74) is 15.2. The lowest BCUT2D eigenvalue weighted by atomic mass is 10.1. The number of carboxylic acids is 1. The number of anilines is 1. The van der Waals surface area contributed by atoms with E-state index in [9.17, 15) is 13.2 Å². The molecule has 198 valence electrons. The first-order chi connectivity index (χ1) is 17.7. The van der Waals surface area contributed by atoms with Gasteiger partial charge in [0.05, 0.1) is 18.5 Å². The summed E-state index contributed by atoms with van der Waals surface area (Å²) in [6.45, 7) is 3.94. The van der Waals surface area contributed by atoms with Crippen molar-refractivity contribution in [1.29, 1.82) is 0 Å². The maximum Gasteiger partial charge on any atom is 0.490 e. The summed E-state index contributed by atoms with van der Waals surface area (Å²) in [5, 5.41) is 14.8. The number of nitrogens with zero attached hydrogens (tertiary/aromatic N) is 5. The first-order valence-corrected chi connectivity index (χ1v) is 11.3. The topological polar surface area (TPSA) is 168 Å². The molecule has 4 aromatic rings. The standard InChI is InChI=1S/C21H25N7O2.C2HF3O2/c1-2-28-19-15(29-12-8-4-7-11-22)13-24-16(14-9-5-3-6-10-14)17(19)25-21(28)18-20(23)27-30-26-18;3-2(4,5)1(6)7/h3,5-6,9-10,13H,2,4,7-8,11-12,22H2,1H3,(H2,23,27);(H,6,7). The zero-order valence-electron chi connectivity index (χ0n) is 19.9. The van der Waals surface area contributed by atoms with Crippen LogP contribution >= 0.6 is 0 Å². The third-order valence-electron chi connectivity index (χ3n) is 5.17. The minimum atomic E-state index is -5.08. The minimum absolute atomic E-state index is 0.193. The van der Waals surface area contributed by atoms with Gasteiger partial charge in [0.2, 0.25) is 0 Å². The fourth-order valence-electron chi connectivity index (χ4n) is 3.47. The van der Waals surface area contributed by atoms with Gasteiger partial charge in [0.15, 0.2) is 23.1 Å². The van der Waals surface area contributed by atoms with Crippen LogP contribution in [0.2, 0.25) is 0 Å². The second-order valence-electron chi connectivity index (χ2n) is 7.71. The zero-order chi connectivity index (χ0) is 27.0. The van der Waals surface area contributed by atoms with Crippen molar-refractivity contribution in [2.45, 2.75) is 38.9 Å². The number of rotatable bonds is 9. The maximum atomic E-state index is 10.6. The molecule has 0 unspecified atom stereocenters. The molecule has 4 rings (SSSR count). The van der Waals surface area contributed by atoms with Crippen LogP contribution in [-0.2, 0) is 11.3 Å². The summed E-state index contributed by atoms with van der Waals surface area (Å²) in [6.07, 6.45) is -0.393. The van der Waals surface area contributed by atoms with Crippen molar-refractivity contribution in [3.8, 4) is 28.5 Å². The number of fused-ring (bicyclic) bond motifs is 1. The molecule has 0 spiro atoms. The number of carboxylic acid groups (broad SMARTS) is 1. The molecule has 0 amide bonds. The Balaban J connectivity index is 0.000000479. The Hall–Kier alpha value is -4.20. The van der Waals surface area contributed by atoms with Crippen molar-refractivity contribution >= 4 is 22.8 Å². The fourth-order valence-corrected chi connectivity index (χ4v) is 3.47. The molecular weight excluding hydrogens is 495 g/mol. The fraction of sp³-hybridized carbons (Fsp3) is 0.348. The number of nitrogens with two attached hydrogens (primary N) is 2. The first-order valence-electron chi connectivity index (χ1n) is 11.3. The zero-order valence-corrected chi connectivity index (χ0v) is 19.9. The van der Waals surface area contributed by atoms with Gasteiger partial charge in [0.1, 0.15) is 11.0 Å². The molecule has 0 radical (unpaired) electrons. The average Bonchev–Trinajstić information content (AvgIpc) is 3.47. The predicted octanol–water partition coefficient (Wildman–Crippen LogP) is 3.89. The van der Waals surface area contributed by atoms with Gasteiger partial charge in [-0.1, -0.05) is 30.3 Å². The van der Waals surface area contributed by atoms with Crippen LogP contribution in [0.1, 0.15) is 26.2 Å². The minimum Gasteiger partial charge on any atom is -0.490 e. The van der Waals surface area contributed by atoms with Gasteiger partial charge in [-0.2, -0.15) is 13.2 Å². The quantitative estimate of drug-likeness (QED) is 0.275. The third kappa shape index (κ3) is 6.52. The monoisotopic (exact) mass is 521 g/mol. The molecule has 0 aliphatic heterocycles. The van der Waals surface area contributed by atoms with E-state index in [1.807, 2.05) is 41.8 Å². The van der Waals surface area contributed by atoms with E-state index in [4.69, 9.17) is 35.7 Å². The molecule has 0 fully saturated rings. The van der Waals surface area contributed by atoms with Gasteiger partial charge in [0.25, 0.3) is 0 Å². The van der Waals surface area contributed by atoms with E-state index in [0.29, 0.717) is 37.0 Å².